The van der Waals surface area contributed by atoms with Crippen LogP contribution >= 0.6 is 11.6 Å². The van der Waals surface area contributed by atoms with E-state index in [1.165, 1.54) is 38.2 Å². The number of hydrogen-bond donors (Lipinski definition) is 2. The first kappa shape index (κ1) is 28.2. The summed E-state index contributed by atoms with van der Waals surface area (Å²) >= 11 is 6.31. The Morgan fingerprint density at radius 2 is 1.60 bits per heavy atom. The second kappa shape index (κ2) is 12.4. The summed E-state index contributed by atoms with van der Waals surface area (Å²) in [6, 6.07) is 18.1. The first-order valence-corrected chi connectivity index (χ1v) is 14.7. The molecule has 1 heterocycles. The third-order valence-corrected chi connectivity index (χ3v) is 8.74. The van der Waals surface area contributed by atoms with E-state index in [2.05, 4.69) is 10.6 Å². The molecule has 210 valence electrons. The Labute approximate surface area is 241 Å². The predicted octanol–water partition coefficient (Wildman–Crippen LogP) is 8.07. The molecule has 1 saturated heterocycles. The van der Waals surface area contributed by atoms with Crippen LogP contribution < -0.4 is 10.6 Å². The molecule has 2 atom stereocenters. The molecule has 0 spiro atoms. The van der Waals surface area contributed by atoms with Gasteiger partial charge in [-0.1, -0.05) is 61.2 Å². The Bertz CT molecular complexity index is 1350. The number of carbonyl (C=O) groups is 2. The average molecular weight is 562 g/mol. The number of anilines is 2. The molecule has 1 aliphatic carbocycles. The molecule has 7 heteroatoms. The number of aryl methyl sites for hydroxylation is 2. The van der Waals surface area contributed by atoms with Gasteiger partial charge in [0, 0.05) is 29.0 Å². The molecule has 2 N–H and O–H groups in total. The van der Waals surface area contributed by atoms with E-state index in [-0.39, 0.29) is 17.4 Å². The zero-order valence-electron chi connectivity index (χ0n) is 23.2. The Balaban J connectivity index is 1.46. The molecule has 0 bridgehead atoms. The van der Waals surface area contributed by atoms with E-state index in [9.17, 15) is 14.0 Å². The molecule has 5 nitrogen and oxygen atoms in total. The first-order chi connectivity index (χ1) is 19.3. The summed E-state index contributed by atoms with van der Waals surface area (Å²) in [5.74, 6) is -1.63. The van der Waals surface area contributed by atoms with Crippen LogP contribution in [0.2, 0.25) is 5.02 Å². The molecule has 1 aliphatic heterocycles. The lowest BCUT2D eigenvalue weighted by Gasteiger charge is -2.41. The number of piperidine rings is 1. The third kappa shape index (κ3) is 6.17. The highest BCUT2D eigenvalue weighted by atomic mass is 35.5. The number of hydrogen-bond acceptors (Lipinski definition) is 3. The Kier molecular flexibility index (Phi) is 8.75. The zero-order valence-corrected chi connectivity index (χ0v) is 23.9. The van der Waals surface area contributed by atoms with E-state index in [0.29, 0.717) is 41.7 Å². The van der Waals surface area contributed by atoms with Crippen molar-refractivity contribution in [3.05, 3.63) is 93.8 Å². The summed E-state index contributed by atoms with van der Waals surface area (Å²) < 4.78 is 14.9. The van der Waals surface area contributed by atoms with Gasteiger partial charge in [0.25, 0.3) is 5.91 Å². The van der Waals surface area contributed by atoms with Gasteiger partial charge in [0.05, 0.1) is 17.5 Å². The quantitative estimate of drug-likeness (QED) is 0.320. The summed E-state index contributed by atoms with van der Waals surface area (Å²) in [5, 5.41) is 7.23. The van der Waals surface area contributed by atoms with Crippen molar-refractivity contribution in [3.8, 4) is 0 Å². The molecule has 3 aromatic rings. The number of nitrogens with one attached hydrogen (secondary N) is 2. The Hall–Kier alpha value is -3.38. The molecular formula is C33H37ClFN3O2. The van der Waals surface area contributed by atoms with Crippen molar-refractivity contribution in [1.29, 1.82) is 0 Å². The Morgan fingerprint density at radius 3 is 2.30 bits per heavy atom. The van der Waals surface area contributed by atoms with Crippen molar-refractivity contribution in [3.63, 3.8) is 0 Å². The second-order valence-electron chi connectivity index (χ2n) is 11.2. The van der Waals surface area contributed by atoms with Crippen molar-refractivity contribution >= 4 is 34.8 Å². The monoisotopic (exact) mass is 561 g/mol. The van der Waals surface area contributed by atoms with E-state index >= 15 is 0 Å². The molecule has 5 rings (SSSR count). The van der Waals surface area contributed by atoms with Gasteiger partial charge in [-0.2, -0.15) is 0 Å². The minimum atomic E-state index is -0.545. The van der Waals surface area contributed by atoms with E-state index < -0.39 is 17.8 Å². The van der Waals surface area contributed by atoms with E-state index in [4.69, 9.17) is 11.6 Å². The van der Waals surface area contributed by atoms with Gasteiger partial charge in [-0.3, -0.25) is 9.59 Å². The van der Waals surface area contributed by atoms with E-state index in [0.717, 1.165) is 16.8 Å². The predicted molar refractivity (Wildman–Crippen MR) is 159 cm³/mol. The smallest absolute Gasteiger partial charge is 0.257 e. The van der Waals surface area contributed by atoms with Gasteiger partial charge in [0.1, 0.15) is 5.82 Å². The summed E-state index contributed by atoms with van der Waals surface area (Å²) in [6.07, 6.45) is 7.37. The maximum atomic E-state index is 14.9. The number of amides is 2. The lowest BCUT2D eigenvalue weighted by Crippen LogP contribution is -2.46. The fraction of sp³-hybridized carbons (Fsp3) is 0.394. The molecular weight excluding hydrogens is 525 g/mol. The van der Waals surface area contributed by atoms with Crippen LogP contribution in [-0.2, 0) is 4.79 Å². The third-order valence-electron chi connectivity index (χ3n) is 8.33. The van der Waals surface area contributed by atoms with E-state index in [1.54, 1.807) is 30.0 Å². The van der Waals surface area contributed by atoms with Crippen LogP contribution in [0.1, 0.15) is 78.0 Å². The molecule has 2 aliphatic rings. The van der Waals surface area contributed by atoms with Crippen molar-refractivity contribution in [2.45, 2.75) is 70.9 Å². The summed E-state index contributed by atoms with van der Waals surface area (Å²) in [4.78, 5) is 29.3. The van der Waals surface area contributed by atoms with Crippen LogP contribution in [0.3, 0.4) is 0 Å². The highest BCUT2D eigenvalue weighted by molar-refractivity contribution is 6.31. The molecule has 0 radical (unpaired) electrons. The van der Waals surface area contributed by atoms with Crippen molar-refractivity contribution in [2.24, 2.45) is 5.92 Å². The number of nitrogens with zero attached hydrogens (tertiary/aromatic N) is 1. The molecule has 3 aromatic carbocycles. The molecule has 2 amide bonds. The van der Waals surface area contributed by atoms with Gasteiger partial charge in [0.15, 0.2) is 0 Å². The van der Waals surface area contributed by atoms with Gasteiger partial charge >= 0.3 is 0 Å². The number of rotatable bonds is 6. The van der Waals surface area contributed by atoms with Crippen molar-refractivity contribution < 1.29 is 14.0 Å². The van der Waals surface area contributed by atoms with Crippen molar-refractivity contribution in [1.82, 2.24) is 4.90 Å². The Morgan fingerprint density at radius 1 is 0.875 bits per heavy atom. The summed E-state index contributed by atoms with van der Waals surface area (Å²) in [5.41, 5.74) is 4.07. The maximum Gasteiger partial charge on any atom is 0.257 e. The standard InChI is InChI=1S/C33H37ClFN3O2/c1-21-13-16-26(20-28(21)34)37-32(39)27-11-7-19-38(33(40)30-22(2)8-6-12-29(30)35)31(27)23-14-17-25(18-15-23)36-24-9-4-3-5-10-24/h6,8,12-18,20,24,27,31,36H,3-5,7,9-11,19H2,1-2H3,(H,37,39)/t27-,31-/m0/s1. The van der Waals surface area contributed by atoms with Gasteiger partial charge < -0.3 is 15.5 Å². The number of benzene rings is 3. The van der Waals surface area contributed by atoms with E-state index in [1.807, 2.05) is 43.3 Å². The largest absolute Gasteiger partial charge is 0.382 e. The molecule has 0 aromatic heterocycles. The molecule has 0 unspecified atom stereocenters. The topological polar surface area (TPSA) is 61.4 Å². The van der Waals surface area contributed by atoms with Gasteiger partial charge in [0.2, 0.25) is 5.91 Å². The summed E-state index contributed by atoms with van der Waals surface area (Å²) in [7, 11) is 0. The van der Waals surface area contributed by atoms with Crippen LogP contribution in [-0.4, -0.2) is 29.3 Å². The zero-order chi connectivity index (χ0) is 28.2. The average Bonchev–Trinajstić information content (AvgIpc) is 2.95. The molecule has 1 saturated carbocycles. The number of halogens is 2. The normalized spacial score (nSPS) is 19.8. The van der Waals surface area contributed by atoms with Crippen LogP contribution in [0.4, 0.5) is 15.8 Å². The minimum Gasteiger partial charge on any atom is -0.382 e. The fourth-order valence-electron chi connectivity index (χ4n) is 6.12. The number of carbonyl (C=O) groups excluding carboxylic acids is 2. The summed E-state index contributed by atoms with van der Waals surface area (Å²) in [6.45, 7) is 4.10. The fourth-order valence-corrected chi connectivity index (χ4v) is 6.30. The first-order valence-electron chi connectivity index (χ1n) is 14.3. The SMILES string of the molecule is Cc1ccc(NC(=O)[C@H]2CCCN(C(=O)c3c(C)cccc3F)[C@H]2c2ccc(NC3CCCCC3)cc2)cc1Cl. The number of likely N-dealkylation sites (tertiary alicyclic amines) is 1. The lowest BCUT2D eigenvalue weighted by molar-refractivity contribution is -0.123. The van der Waals surface area contributed by atoms with Gasteiger partial charge in [-0.05, 0) is 86.6 Å². The van der Waals surface area contributed by atoms with Crippen molar-refractivity contribution in [2.75, 3.05) is 17.2 Å². The van der Waals surface area contributed by atoms with Crippen LogP contribution in [0.15, 0.2) is 60.7 Å². The maximum absolute atomic E-state index is 14.9. The molecule has 40 heavy (non-hydrogen) atoms. The molecule has 2 fully saturated rings. The second-order valence-corrected chi connectivity index (χ2v) is 11.6. The lowest BCUT2D eigenvalue weighted by atomic mass is 9.83. The van der Waals surface area contributed by atoms with Crippen LogP contribution in [0.25, 0.3) is 0 Å². The minimum absolute atomic E-state index is 0.0643. The highest BCUT2D eigenvalue weighted by Gasteiger charge is 2.40. The van der Waals surface area contributed by atoms with Gasteiger partial charge in [-0.25, -0.2) is 4.39 Å². The van der Waals surface area contributed by atoms with Crippen LogP contribution in [0.5, 0.6) is 0 Å². The van der Waals surface area contributed by atoms with Crippen LogP contribution in [0, 0.1) is 25.6 Å². The van der Waals surface area contributed by atoms with Gasteiger partial charge in [-0.15, -0.1) is 0 Å². The highest BCUT2D eigenvalue weighted by Crippen LogP contribution is 2.39.